The van der Waals surface area contributed by atoms with Crippen molar-refractivity contribution in [2.75, 3.05) is 13.1 Å². The topological polar surface area (TPSA) is 40.6 Å². The van der Waals surface area contributed by atoms with Gasteiger partial charge in [-0.1, -0.05) is 25.7 Å². The van der Waals surface area contributed by atoms with Gasteiger partial charge in [-0.25, -0.2) is 4.39 Å². The summed E-state index contributed by atoms with van der Waals surface area (Å²) in [6.07, 6.45) is 11.1. The molecular weight excluding hydrogens is 355 g/mol. The highest BCUT2D eigenvalue weighted by atomic mass is 19.1. The van der Waals surface area contributed by atoms with Crippen LogP contribution in [0.15, 0.2) is 24.3 Å². The summed E-state index contributed by atoms with van der Waals surface area (Å²) in [5.41, 5.74) is 0.498. The summed E-state index contributed by atoms with van der Waals surface area (Å²) in [4.78, 5) is 30.4. The molecule has 2 amide bonds. The first kappa shape index (κ1) is 19.4. The number of rotatable bonds is 4. The Kier molecular flexibility index (Phi) is 5.98. The van der Waals surface area contributed by atoms with Gasteiger partial charge in [0, 0.05) is 30.7 Å². The first-order valence-corrected chi connectivity index (χ1v) is 11.0. The van der Waals surface area contributed by atoms with Crippen LogP contribution >= 0.6 is 0 Å². The molecule has 1 aromatic rings. The molecule has 2 aliphatic carbocycles. The summed E-state index contributed by atoms with van der Waals surface area (Å²) < 4.78 is 13.2. The maximum atomic E-state index is 13.6. The standard InChI is InChI=1S/C23H31FN2O2/c24-19-13-11-17(12-14-19)22(27)25-15-5-6-18(16-25)23(28)26(20-7-1-2-8-20)21-9-3-4-10-21/h11-14,18,20-21H,1-10,15-16H2. The Hall–Kier alpha value is -1.91. The van der Waals surface area contributed by atoms with E-state index in [1.165, 1.54) is 49.9 Å². The molecule has 0 N–H and O–H groups in total. The fraction of sp³-hybridized carbons (Fsp3) is 0.652. The minimum atomic E-state index is -0.341. The third-order valence-electron chi connectivity index (χ3n) is 6.84. The van der Waals surface area contributed by atoms with E-state index in [1.807, 2.05) is 0 Å². The largest absolute Gasteiger partial charge is 0.338 e. The molecule has 1 saturated heterocycles. The highest BCUT2D eigenvalue weighted by molar-refractivity contribution is 5.94. The zero-order valence-electron chi connectivity index (χ0n) is 16.6. The van der Waals surface area contributed by atoms with Crippen molar-refractivity contribution in [1.29, 1.82) is 0 Å². The molecule has 0 bridgehead atoms. The Balaban J connectivity index is 1.46. The number of carbonyl (C=O) groups excluding carboxylic acids is 2. The molecular formula is C23H31FN2O2. The molecule has 1 heterocycles. The van der Waals surface area contributed by atoms with Crippen molar-refractivity contribution in [2.24, 2.45) is 5.92 Å². The lowest BCUT2D eigenvalue weighted by atomic mass is 9.93. The zero-order chi connectivity index (χ0) is 19.5. The molecule has 4 rings (SSSR count). The molecule has 1 unspecified atom stereocenters. The number of piperidine rings is 1. The van der Waals surface area contributed by atoms with E-state index in [9.17, 15) is 14.0 Å². The lowest BCUT2D eigenvalue weighted by Crippen LogP contribution is -2.52. The molecule has 1 atom stereocenters. The van der Waals surface area contributed by atoms with E-state index in [1.54, 1.807) is 4.90 Å². The smallest absolute Gasteiger partial charge is 0.253 e. The minimum absolute atomic E-state index is 0.0919. The van der Waals surface area contributed by atoms with Gasteiger partial charge in [0.15, 0.2) is 0 Å². The van der Waals surface area contributed by atoms with Gasteiger partial charge in [0.05, 0.1) is 5.92 Å². The lowest BCUT2D eigenvalue weighted by molar-refractivity contribution is -0.142. The minimum Gasteiger partial charge on any atom is -0.338 e. The highest BCUT2D eigenvalue weighted by Gasteiger charge is 2.39. The summed E-state index contributed by atoms with van der Waals surface area (Å²) in [6.45, 7) is 1.16. The van der Waals surface area contributed by atoms with E-state index in [0.717, 1.165) is 38.5 Å². The van der Waals surface area contributed by atoms with Crippen molar-refractivity contribution in [1.82, 2.24) is 9.80 Å². The summed E-state index contributed by atoms with van der Waals surface area (Å²) in [6, 6.07) is 6.51. The van der Waals surface area contributed by atoms with Crippen molar-refractivity contribution in [2.45, 2.75) is 76.3 Å². The van der Waals surface area contributed by atoms with Crippen LogP contribution in [0, 0.1) is 11.7 Å². The van der Waals surface area contributed by atoms with Crippen LogP contribution in [0.5, 0.6) is 0 Å². The molecule has 3 aliphatic rings. The molecule has 0 spiro atoms. The van der Waals surface area contributed by atoms with E-state index in [-0.39, 0.29) is 23.5 Å². The first-order valence-electron chi connectivity index (χ1n) is 11.0. The third kappa shape index (κ3) is 4.08. The Bertz CT molecular complexity index is 677. The van der Waals surface area contributed by atoms with Crippen molar-refractivity contribution in [3.05, 3.63) is 35.6 Å². The van der Waals surface area contributed by atoms with Gasteiger partial charge in [0.1, 0.15) is 5.82 Å². The monoisotopic (exact) mass is 386 g/mol. The number of halogens is 1. The van der Waals surface area contributed by atoms with Crippen LogP contribution in [0.4, 0.5) is 4.39 Å². The molecule has 3 fully saturated rings. The fourth-order valence-electron chi connectivity index (χ4n) is 5.37. The quantitative estimate of drug-likeness (QED) is 0.770. The average molecular weight is 387 g/mol. The van der Waals surface area contributed by atoms with Crippen LogP contribution in [0.25, 0.3) is 0 Å². The molecule has 152 valence electrons. The van der Waals surface area contributed by atoms with Crippen LogP contribution in [-0.4, -0.2) is 46.8 Å². The van der Waals surface area contributed by atoms with E-state index >= 15 is 0 Å². The second kappa shape index (κ2) is 8.62. The molecule has 1 aromatic carbocycles. The molecule has 2 saturated carbocycles. The Labute approximate surface area is 167 Å². The zero-order valence-corrected chi connectivity index (χ0v) is 16.6. The Morgan fingerprint density at radius 1 is 0.857 bits per heavy atom. The van der Waals surface area contributed by atoms with Gasteiger partial charge in [-0.05, 0) is 62.8 Å². The number of amides is 2. The van der Waals surface area contributed by atoms with Gasteiger partial charge < -0.3 is 9.80 Å². The van der Waals surface area contributed by atoms with E-state index in [0.29, 0.717) is 30.7 Å². The SMILES string of the molecule is O=C(c1ccc(F)cc1)N1CCCC(C(=O)N(C2CCCC2)C2CCCC2)C1. The number of nitrogens with zero attached hydrogens (tertiary/aromatic N) is 2. The summed E-state index contributed by atoms with van der Waals surface area (Å²) in [7, 11) is 0. The van der Waals surface area contributed by atoms with Crippen LogP contribution < -0.4 is 0 Å². The van der Waals surface area contributed by atoms with Gasteiger partial charge >= 0.3 is 0 Å². The normalized spacial score (nSPS) is 23.9. The number of hydrogen-bond acceptors (Lipinski definition) is 2. The van der Waals surface area contributed by atoms with Crippen molar-refractivity contribution in [3.8, 4) is 0 Å². The van der Waals surface area contributed by atoms with Crippen LogP contribution in [0.1, 0.15) is 74.6 Å². The van der Waals surface area contributed by atoms with Gasteiger partial charge in [-0.15, -0.1) is 0 Å². The molecule has 1 aliphatic heterocycles. The van der Waals surface area contributed by atoms with E-state index in [4.69, 9.17) is 0 Å². The van der Waals surface area contributed by atoms with Gasteiger partial charge in [-0.3, -0.25) is 9.59 Å². The Morgan fingerprint density at radius 2 is 1.43 bits per heavy atom. The number of hydrogen-bond donors (Lipinski definition) is 0. The first-order chi connectivity index (χ1) is 13.6. The summed E-state index contributed by atoms with van der Waals surface area (Å²) in [5, 5.41) is 0. The second-order valence-electron chi connectivity index (χ2n) is 8.72. The van der Waals surface area contributed by atoms with Gasteiger partial charge in [0.25, 0.3) is 5.91 Å². The van der Waals surface area contributed by atoms with Crippen molar-refractivity contribution in [3.63, 3.8) is 0 Å². The van der Waals surface area contributed by atoms with Crippen LogP contribution in [0.2, 0.25) is 0 Å². The maximum Gasteiger partial charge on any atom is 0.253 e. The maximum absolute atomic E-state index is 13.6. The molecule has 4 nitrogen and oxygen atoms in total. The summed E-state index contributed by atoms with van der Waals surface area (Å²) in [5.74, 6) is -0.257. The molecule has 0 radical (unpaired) electrons. The molecule has 5 heteroatoms. The lowest BCUT2D eigenvalue weighted by Gasteiger charge is -2.40. The predicted octanol–water partition coefficient (Wildman–Crippen LogP) is 4.39. The number of likely N-dealkylation sites (tertiary alicyclic amines) is 1. The predicted molar refractivity (Wildman–Crippen MR) is 106 cm³/mol. The average Bonchev–Trinajstić information content (AvgIpc) is 3.43. The molecule has 28 heavy (non-hydrogen) atoms. The number of carbonyl (C=O) groups is 2. The van der Waals surface area contributed by atoms with Crippen molar-refractivity contribution < 1.29 is 14.0 Å². The van der Waals surface area contributed by atoms with Gasteiger partial charge in [0.2, 0.25) is 5.91 Å². The highest BCUT2D eigenvalue weighted by Crippen LogP contribution is 2.34. The fourth-order valence-corrected chi connectivity index (χ4v) is 5.37. The molecule has 0 aromatic heterocycles. The van der Waals surface area contributed by atoms with Crippen LogP contribution in [0.3, 0.4) is 0 Å². The Morgan fingerprint density at radius 3 is 2.00 bits per heavy atom. The van der Waals surface area contributed by atoms with Crippen molar-refractivity contribution >= 4 is 11.8 Å². The van der Waals surface area contributed by atoms with Gasteiger partial charge in [-0.2, -0.15) is 0 Å². The third-order valence-corrected chi connectivity index (χ3v) is 6.84. The van der Waals surface area contributed by atoms with Crippen LogP contribution in [-0.2, 0) is 4.79 Å². The summed E-state index contributed by atoms with van der Waals surface area (Å²) >= 11 is 0. The van der Waals surface area contributed by atoms with E-state index in [2.05, 4.69) is 4.90 Å². The van der Waals surface area contributed by atoms with E-state index < -0.39 is 0 Å². The second-order valence-corrected chi connectivity index (χ2v) is 8.72. The number of benzene rings is 1.